The van der Waals surface area contributed by atoms with Crippen molar-refractivity contribution in [1.29, 1.82) is 5.41 Å². The second-order valence-electron chi connectivity index (χ2n) is 4.17. The van der Waals surface area contributed by atoms with Crippen molar-refractivity contribution in [3.05, 3.63) is 85.0 Å². The molecule has 0 aliphatic heterocycles. The molecule has 1 N–H and O–H groups in total. The molecule has 1 heterocycles. The van der Waals surface area contributed by atoms with Gasteiger partial charge >= 0.3 is 0 Å². The maximum Gasteiger partial charge on any atom is 0.221 e. The highest BCUT2D eigenvalue weighted by Crippen LogP contribution is 2.10. The molecule has 0 bridgehead atoms. The van der Waals surface area contributed by atoms with Crippen LogP contribution in [0.3, 0.4) is 0 Å². The first kappa shape index (κ1) is 15.3. The number of pyridine rings is 1. The molecule has 0 unspecified atom stereocenters. The minimum Gasteiger partial charge on any atom is -0.439 e. The molecule has 0 saturated carbocycles. The Labute approximate surface area is 127 Å². The highest BCUT2D eigenvalue weighted by atomic mass is 19.1. The predicted octanol–water partition coefficient (Wildman–Crippen LogP) is 3.77. The summed E-state index contributed by atoms with van der Waals surface area (Å²) in [6.45, 7) is 3.58. The second kappa shape index (κ2) is 7.64. The number of aromatic nitrogens is 1. The number of amidine groups is 1. The smallest absolute Gasteiger partial charge is 0.221 e. The molecule has 0 fully saturated rings. The molecular weight excluding hydrogens is 281 g/mol. The van der Waals surface area contributed by atoms with Gasteiger partial charge in [-0.25, -0.2) is 9.37 Å². The minimum absolute atomic E-state index is 0.125. The van der Waals surface area contributed by atoms with E-state index < -0.39 is 5.82 Å². The fourth-order valence-corrected chi connectivity index (χ4v) is 1.54. The normalized spacial score (nSPS) is 11.4. The van der Waals surface area contributed by atoms with Gasteiger partial charge in [0.25, 0.3) is 0 Å². The first-order valence-corrected chi connectivity index (χ1v) is 6.50. The zero-order valence-corrected chi connectivity index (χ0v) is 11.7. The molecule has 0 aliphatic rings. The maximum atomic E-state index is 12.9. The third-order valence-corrected chi connectivity index (χ3v) is 2.53. The lowest BCUT2D eigenvalue weighted by atomic mass is 10.3. The molecule has 1 aromatic heterocycles. The summed E-state index contributed by atoms with van der Waals surface area (Å²) < 4.78 is 18.5. The zero-order chi connectivity index (χ0) is 15.8. The van der Waals surface area contributed by atoms with Crippen LogP contribution in [0.4, 0.5) is 4.39 Å². The van der Waals surface area contributed by atoms with Crippen molar-refractivity contribution in [2.24, 2.45) is 4.99 Å². The van der Waals surface area contributed by atoms with Gasteiger partial charge < -0.3 is 4.74 Å². The molecule has 5 heteroatoms. The Balaban J connectivity index is 2.23. The van der Waals surface area contributed by atoms with Crippen molar-refractivity contribution in [3.8, 4) is 5.75 Å². The van der Waals surface area contributed by atoms with Gasteiger partial charge in [-0.1, -0.05) is 36.9 Å². The third-order valence-electron chi connectivity index (χ3n) is 2.53. The number of hydrogen-bond acceptors (Lipinski definition) is 3. The van der Waals surface area contributed by atoms with Gasteiger partial charge in [0.1, 0.15) is 17.3 Å². The zero-order valence-electron chi connectivity index (χ0n) is 11.7. The molecule has 0 aliphatic carbocycles. The quantitative estimate of drug-likeness (QED) is 0.530. The van der Waals surface area contributed by atoms with E-state index in [1.165, 1.54) is 12.1 Å². The summed E-state index contributed by atoms with van der Waals surface area (Å²) in [5.41, 5.74) is 0.252. The van der Waals surface area contributed by atoms with E-state index in [1.807, 2.05) is 18.2 Å². The van der Waals surface area contributed by atoms with Gasteiger partial charge in [0.05, 0.1) is 6.20 Å². The fraction of sp³-hybridized carbons (Fsp3) is 0. The van der Waals surface area contributed by atoms with Crippen LogP contribution < -0.4 is 4.74 Å². The summed E-state index contributed by atoms with van der Waals surface area (Å²) in [7, 11) is 0. The van der Waals surface area contributed by atoms with E-state index >= 15 is 0 Å². The Bertz CT molecular complexity index is 706. The third kappa shape index (κ3) is 4.49. The lowest BCUT2D eigenvalue weighted by Crippen LogP contribution is -2.10. The van der Waals surface area contributed by atoms with Gasteiger partial charge in [-0.05, 0) is 24.3 Å². The first-order valence-electron chi connectivity index (χ1n) is 6.50. The average molecular weight is 295 g/mol. The van der Waals surface area contributed by atoms with E-state index in [0.717, 1.165) is 6.20 Å². The number of aliphatic imine (C=N–C) groups is 1. The summed E-state index contributed by atoms with van der Waals surface area (Å²) in [6, 6.07) is 11.7. The summed E-state index contributed by atoms with van der Waals surface area (Å²) in [5.74, 6) is 0.213. The predicted molar refractivity (Wildman–Crippen MR) is 84.9 cm³/mol. The van der Waals surface area contributed by atoms with E-state index in [1.54, 1.807) is 30.4 Å². The summed E-state index contributed by atoms with van der Waals surface area (Å²) in [5, 5.41) is 7.92. The minimum atomic E-state index is -0.465. The molecule has 22 heavy (non-hydrogen) atoms. The maximum absolute atomic E-state index is 12.9. The van der Waals surface area contributed by atoms with Crippen molar-refractivity contribution in [2.45, 2.75) is 0 Å². The number of nitrogens with one attached hydrogen (secondary N) is 1. The number of benzene rings is 1. The highest BCUT2D eigenvalue weighted by Gasteiger charge is 2.05. The molecule has 2 aromatic rings. The summed E-state index contributed by atoms with van der Waals surface area (Å²) in [6.07, 6.45) is 5.84. The monoisotopic (exact) mass is 295 g/mol. The van der Waals surface area contributed by atoms with E-state index in [0.29, 0.717) is 5.75 Å². The van der Waals surface area contributed by atoms with Crippen LogP contribution in [0, 0.1) is 11.2 Å². The van der Waals surface area contributed by atoms with Gasteiger partial charge in [0, 0.05) is 6.08 Å². The molecule has 0 amide bonds. The van der Waals surface area contributed by atoms with Gasteiger partial charge in [0.15, 0.2) is 5.84 Å². The standard InChI is InChI=1S/C17H14FN3O/c1-2-3-9-16(22-14-7-5-4-6-8-14)21-17(19)15-11-10-13(18)12-20-15/h2-12,19H,1H2/b9-3+,19-17?,21-16?. The van der Waals surface area contributed by atoms with Gasteiger partial charge in [-0.3, -0.25) is 5.41 Å². The van der Waals surface area contributed by atoms with Crippen molar-refractivity contribution in [3.63, 3.8) is 0 Å². The van der Waals surface area contributed by atoms with Crippen molar-refractivity contribution in [2.75, 3.05) is 0 Å². The number of rotatable bonds is 4. The Morgan fingerprint density at radius 3 is 2.64 bits per heavy atom. The van der Waals surface area contributed by atoms with Crippen LogP contribution in [0.5, 0.6) is 5.75 Å². The number of nitrogens with zero attached hydrogens (tertiary/aromatic N) is 2. The van der Waals surface area contributed by atoms with E-state index in [2.05, 4.69) is 16.6 Å². The second-order valence-corrected chi connectivity index (χ2v) is 4.17. The molecule has 0 radical (unpaired) electrons. The van der Waals surface area contributed by atoms with Gasteiger partial charge in [-0.15, -0.1) is 0 Å². The number of hydrogen-bond donors (Lipinski definition) is 1. The van der Waals surface area contributed by atoms with E-state index in [4.69, 9.17) is 10.1 Å². The molecule has 0 atom stereocenters. The van der Waals surface area contributed by atoms with Crippen molar-refractivity contribution in [1.82, 2.24) is 4.98 Å². The van der Waals surface area contributed by atoms with Crippen molar-refractivity contribution >= 4 is 11.7 Å². The number of allylic oxidation sites excluding steroid dienone is 2. The van der Waals surface area contributed by atoms with Crippen LogP contribution in [-0.2, 0) is 0 Å². The van der Waals surface area contributed by atoms with Crippen LogP contribution in [0.2, 0.25) is 0 Å². The van der Waals surface area contributed by atoms with E-state index in [9.17, 15) is 4.39 Å². The molecule has 4 nitrogen and oxygen atoms in total. The molecule has 1 aromatic carbocycles. The molecule has 0 saturated heterocycles. The first-order chi connectivity index (χ1) is 10.7. The topological polar surface area (TPSA) is 58.3 Å². The fourth-order valence-electron chi connectivity index (χ4n) is 1.54. The van der Waals surface area contributed by atoms with Crippen LogP contribution in [-0.4, -0.2) is 16.7 Å². The average Bonchev–Trinajstić information content (AvgIpc) is 2.54. The highest BCUT2D eigenvalue weighted by molar-refractivity contribution is 6.05. The lowest BCUT2D eigenvalue weighted by molar-refractivity contribution is 0.556. The van der Waals surface area contributed by atoms with Gasteiger partial charge in [0.2, 0.25) is 5.90 Å². The van der Waals surface area contributed by atoms with Crippen molar-refractivity contribution < 1.29 is 9.13 Å². The van der Waals surface area contributed by atoms with Crippen LogP contribution in [0.15, 0.2) is 78.5 Å². The SMILES string of the molecule is C=C/C=C/C(=NC(=N)c1ccc(F)cn1)Oc1ccccc1. The Morgan fingerprint density at radius 1 is 1.23 bits per heavy atom. The summed E-state index contributed by atoms with van der Waals surface area (Å²) >= 11 is 0. The molecule has 2 rings (SSSR count). The molecular formula is C17H14FN3O. The number of ether oxygens (including phenoxy) is 1. The van der Waals surface area contributed by atoms with Gasteiger partial charge in [-0.2, -0.15) is 4.99 Å². The molecule has 110 valence electrons. The largest absolute Gasteiger partial charge is 0.439 e. The Kier molecular flexibility index (Phi) is 5.31. The number of para-hydroxylation sites is 1. The Morgan fingerprint density at radius 2 is 2.00 bits per heavy atom. The number of halogens is 1. The Hall–Kier alpha value is -3.08. The molecule has 0 spiro atoms. The van der Waals surface area contributed by atoms with Crippen LogP contribution in [0.1, 0.15) is 5.69 Å². The van der Waals surface area contributed by atoms with Crippen LogP contribution in [0.25, 0.3) is 0 Å². The van der Waals surface area contributed by atoms with Crippen LogP contribution >= 0.6 is 0 Å². The summed E-state index contributed by atoms with van der Waals surface area (Å²) in [4.78, 5) is 7.88. The van der Waals surface area contributed by atoms with E-state index in [-0.39, 0.29) is 17.4 Å². The lowest BCUT2D eigenvalue weighted by Gasteiger charge is -2.05.